The topological polar surface area (TPSA) is 127 Å². The molecule has 0 saturated carbocycles. The minimum absolute atomic E-state index is 0.00612. The Kier molecular flexibility index (Phi) is 8.63. The standard InChI is InChI=1S/C31H31N3O6S/c1-39-26-10-4-22(5-11-26)31(36)34-41(37,38)28-13-7-21(8-14-28)23-9-15-30-24(17-23)6-12-27(40-30)19-33-20-29(35)25-3-2-16-32-18-25/h2-5,7-11,13-18,27,29,33,35H,6,12,19-20H2,1H3,(H,34,36)/t27-,29+/m1/s1. The number of ether oxygens (including phenoxy) is 2. The van der Waals surface area contributed by atoms with Crippen LogP contribution in [-0.4, -0.2) is 50.7 Å². The van der Waals surface area contributed by atoms with Gasteiger partial charge < -0.3 is 19.9 Å². The largest absolute Gasteiger partial charge is 0.497 e. The number of aromatic nitrogens is 1. The van der Waals surface area contributed by atoms with E-state index in [4.69, 9.17) is 9.47 Å². The van der Waals surface area contributed by atoms with Crippen molar-refractivity contribution in [2.45, 2.75) is 29.9 Å². The fourth-order valence-electron chi connectivity index (χ4n) is 4.65. The van der Waals surface area contributed by atoms with Crippen molar-refractivity contribution in [2.75, 3.05) is 20.2 Å². The highest BCUT2D eigenvalue weighted by molar-refractivity contribution is 7.90. The van der Waals surface area contributed by atoms with Crippen LogP contribution >= 0.6 is 0 Å². The van der Waals surface area contributed by atoms with Crippen LogP contribution in [0.2, 0.25) is 0 Å². The van der Waals surface area contributed by atoms with Crippen molar-refractivity contribution in [2.24, 2.45) is 0 Å². The Labute approximate surface area is 239 Å². The molecule has 41 heavy (non-hydrogen) atoms. The molecule has 1 aromatic heterocycles. The van der Waals surface area contributed by atoms with Crippen molar-refractivity contribution < 1.29 is 27.8 Å². The summed E-state index contributed by atoms with van der Waals surface area (Å²) < 4.78 is 39.0. The SMILES string of the molecule is COc1ccc(C(=O)NS(=O)(=O)c2ccc(-c3ccc4c(c3)CC[C@H](CNC[C@H](O)c3cccnc3)O4)cc2)cc1. The molecule has 3 N–H and O–H groups in total. The van der Waals surface area contributed by atoms with Crippen molar-refractivity contribution in [3.63, 3.8) is 0 Å². The number of hydrogen-bond donors (Lipinski definition) is 3. The summed E-state index contributed by atoms with van der Waals surface area (Å²) in [6.07, 6.45) is 4.36. The summed E-state index contributed by atoms with van der Waals surface area (Å²) in [6.45, 7) is 1.03. The molecule has 10 heteroatoms. The summed E-state index contributed by atoms with van der Waals surface area (Å²) in [7, 11) is -2.54. The molecule has 0 radical (unpaired) electrons. The second-order valence-electron chi connectivity index (χ2n) is 9.75. The van der Waals surface area contributed by atoms with Crippen molar-refractivity contribution >= 4 is 15.9 Å². The molecular formula is C31H31N3O6S. The molecule has 4 aromatic rings. The van der Waals surface area contributed by atoms with Gasteiger partial charge in [0.15, 0.2) is 0 Å². The number of aryl methyl sites for hydroxylation is 1. The molecule has 0 saturated heterocycles. The van der Waals surface area contributed by atoms with Gasteiger partial charge in [0.25, 0.3) is 15.9 Å². The van der Waals surface area contributed by atoms with E-state index in [1.807, 2.05) is 18.2 Å². The minimum atomic E-state index is -4.05. The Balaban J connectivity index is 1.17. The third-order valence-corrected chi connectivity index (χ3v) is 8.29. The third-order valence-electron chi connectivity index (χ3n) is 6.95. The molecule has 212 valence electrons. The van der Waals surface area contributed by atoms with Gasteiger partial charge >= 0.3 is 0 Å². The van der Waals surface area contributed by atoms with E-state index in [0.717, 1.165) is 40.8 Å². The Hall–Kier alpha value is -4.25. The fraction of sp³-hybridized carbons (Fsp3) is 0.226. The highest BCUT2D eigenvalue weighted by Crippen LogP contribution is 2.32. The molecule has 1 amide bonds. The summed E-state index contributed by atoms with van der Waals surface area (Å²) in [6, 6.07) is 22.2. The van der Waals surface area contributed by atoms with Gasteiger partial charge in [0.2, 0.25) is 0 Å². The predicted molar refractivity (Wildman–Crippen MR) is 154 cm³/mol. The Bertz CT molecular complexity index is 1590. The number of amides is 1. The van der Waals surface area contributed by atoms with Gasteiger partial charge in [-0.2, -0.15) is 0 Å². The lowest BCUT2D eigenvalue weighted by molar-refractivity contribution is 0.0981. The molecule has 0 bridgehead atoms. The third kappa shape index (κ3) is 6.91. The first kappa shape index (κ1) is 28.3. The molecule has 2 atom stereocenters. The molecule has 1 aliphatic heterocycles. The van der Waals surface area contributed by atoms with Gasteiger partial charge in [0.05, 0.1) is 18.1 Å². The van der Waals surface area contributed by atoms with Crippen molar-refractivity contribution in [1.82, 2.24) is 15.0 Å². The predicted octanol–water partition coefficient (Wildman–Crippen LogP) is 3.89. The lowest BCUT2D eigenvalue weighted by atomic mass is 9.97. The van der Waals surface area contributed by atoms with E-state index in [-0.39, 0.29) is 16.6 Å². The Morgan fingerprint density at radius 2 is 1.83 bits per heavy atom. The average molecular weight is 574 g/mol. The highest BCUT2D eigenvalue weighted by Gasteiger charge is 2.22. The second kappa shape index (κ2) is 12.5. The van der Waals surface area contributed by atoms with Crippen LogP contribution in [0.25, 0.3) is 11.1 Å². The van der Waals surface area contributed by atoms with Crippen LogP contribution in [0.1, 0.15) is 34.0 Å². The van der Waals surface area contributed by atoms with Gasteiger partial charge in [-0.15, -0.1) is 0 Å². The van der Waals surface area contributed by atoms with E-state index in [2.05, 4.69) is 21.1 Å². The van der Waals surface area contributed by atoms with Crippen molar-refractivity contribution in [3.8, 4) is 22.6 Å². The molecule has 0 fully saturated rings. The molecule has 1 aliphatic rings. The molecule has 0 aliphatic carbocycles. The number of rotatable bonds is 10. The zero-order chi connectivity index (χ0) is 28.8. The van der Waals surface area contributed by atoms with Gasteiger partial charge in [-0.25, -0.2) is 13.1 Å². The van der Waals surface area contributed by atoms with Crippen LogP contribution in [0.3, 0.4) is 0 Å². The second-order valence-corrected chi connectivity index (χ2v) is 11.4. The van der Waals surface area contributed by atoms with Crippen molar-refractivity contribution in [3.05, 3.63) is 108 Å². The number of nitrogens with zero attached hydrogens (tertiary/aromatic N) is 1. The van der Waals surface area contributed by atoms with Gasteiger partial charge in [0.1, 0.15) is 17.6 Å². The van der Waals surface area contributed by atoms with Crippen LogP contribution in [0.5, 0.6) is 11.5 Å². The van der Waals surface area contributed by atoms with Gasteiger partial charge in [0, 0.05) is 36.6 Å². The number of aliphatic hydroxyl groups is 1. The number of sulfonamides is 1. The molecular weight excluding hydrogens is 542 g/mol. The molecule has 0 spiro atoms. The number of methoxy groups -OCH3 is 1. The number of pyridine rings is 1. The van der Waals surface area contributed by atoms with Gasteiger partial charge in [-0.05, 0) is 84.1 Å². The van der Waals surface area contributed by atoms with Crippen LogP contribution in [0, 0.1) is 0 Å². The number of nitrogens with one attached hydrogen (secondary N) is 2. The van der Waals surface area contributed by atoms with Crippen molar-refractivity contribution in [1.29, 1.82) is 0 Å². The molecule has 3 aromatic carbocycles. The lowest BCUT2D eigenvalue weighted by Gasteiger charge is -2.27. The summed E-state index contributed by atoms with van der Waals surface area (Å²) in [5.74, 6) is 0.670. The Morgan fingerprint density at radius 1 is 1.07 bits per heavy atom. The molecule has 2 heterocycles. The number of aliphatic hydroxyl groups excluding tert-OH is 1. The summed E-state index contributed by atoms with van der Waals surface area (Å²) >= 11 is 0. The van der Waals surface area contributed by atoms with E-state index >= 15 is 0 Å². The van der Waals surface area contributed by atoms with Crippen LogP contribution in [-0.2, 0) is 16.4 Å². The number of carbonyl (C=O) groups is 1. The smallest absolute Gasteiger partial charge is 0.265 e. The van der Waals surface area contributed by atoms with E-state index in [1.54, 1.807) is 42.7 Å². The maximum Gasteiger partial charge on any atom is 0.265 e. The quantitative estimate of drug-likeness (QED) is 0.261. The van der Waals surface area contributed by atoms with Gasteiger partial charge in [-0.1, -0.05) is 24.3 Å². The molecule has 0 unspecified atom stereocenters. The highest BCUT2D eigenvalue weighted by atomic mass is 32.2. The Morgan fingerprint density at radius 3 is 2.54 bits per heavy atom. The fourth-order valence-corrected chi connectivity index (χ4v) is 5.62. The van der Waals surface area contributed by atoms with Crippen LogP contribution < -0.4 is 19.5 Å². The first-order valence-corrected chi connectivity index (χ1v) is 14.7. The maximum absolute atomic E-state index is 12.8. The molecule has 9 nitrogen and oxygen atoms in total. The van der Waals surface area contributed by atoms with Crippen LogP contribution in [0.15, 0.2) is 96.2 Å². The van der Waals surface area contributed by atoms with Gasteiger partial charge in [-0.3, -0.25) is 9.78 Å². The zero-order valence-corrected chi connectivity index (χ0v) is 23.3. The first-order chi connectivity index (χ1) is 19.8. The number of hydrogen-bond acceptors (Lipinski definition) is 8. The maximum atomic E-state index is 12.8. The average Bonchev–Trinajstić information content (AvgIpc) is 3.01. The summed E-state index contributed by atoms with van der Waals surface area (Å²) in [5, 5.41) is 13.6. The van der Waals surface area contributed by atoms with E-state index in [1.165, 1.54) is 31.4 Å². The number of fused-ring (bicyclic) bond motifs is 1. The number of carbonyl (C=O) groups excluding carboxylic acids is 1. The summed E-state index contributed by atoms with van der Waals surface area (Å²) in [4.78, 5) is 16.5. The van der Waals surface area contributed by atoms with E-state index in [9.17, 15) is 18.3 Å². The monoisotopic (exact) mass is 573 g/mol. The van der Waals surface area contributed by atoms with E-state index < -0.39 is 22.0 Å². The lowest BCUT2D eigenvalue weighted by Crippen LogP contribution is -2.36. The zero-order valence-electron chi connectivity index (χ0n) is 22.5. The van der Waals surface area contributed by atoms with E-state index in [0.29, 0.717) is 18.8 Å². The van der Waals surface area contributed by atoms with Crippen LogP contribution in [0.4, 0.5) is 0 Å². The number of benzene rings is 3. The first-order valence-electron chi connectivity index (χ1n) is 13.2. The minimum Gasteiger partial charge on any atom is -0.497 e. The summed E-state index contributed by atoms with van der Waals surface area (Å²) in [5.41, 5.74) is 3.85. The normalized spacial score (nSPS) is 15.3. The molecule has 5 rings (SSSR count).